The summed E-state index contributed by atoms with van der Waals surface area (Å²) in [6.07, 6.45) is 8.69. The molecule has 0 spiro atoms. The van der Waals surface area contributed by atoms with E-state index >= 15 is 0 Å². The largest absolute Gasteiger partial charge is 0.446 e. The fraction of sp³-hybridized carbons (Fsp3) is 0.143. The maximum atomic E-state index is 7.59. The van der Waals surface area contributed by atoms with Gasteiger partial charge >= 0.3 is 0 Å². The monoisotopic (exact) mass is 566 g/mol. The van der Waals surface area contributed by atoms with Gasteiger partial charge in [-0.1, -0.05) is 72.8 Å². The molecule has 0 amide bonds. The van der Waals surface area contributed by atoms with E-state index in [1.165, 1.54) is 40.3 Å². The Balaban J connectivity index is 1.94. The maximum Gasteiger partial charge on any atom is 0.230 e. The molecule has 0 N–H and O–H groups in total. The van der Waals surface area contributed by atoms with Crippen molar-refractivity contribution in [3.8, 4) is 0 Å². The van der Waals surface area contributed by atoms with E-state index < -0.39 is 18.1 Å². The number of hydrogen-bond donors (Lipinski definition) is 0. The lowest BCUT2D eigenvalue weighted by molar-refractivity contribution is 0.630. The van der Waals surface area contributed by atoms with Gasteiger partial charge in [0.15, 0.2) is 0 Å². The van der Waals surface area contributed by atoms with Gasteiger partial charge in [-0.05, 0) is 70.0 Å². The van der Waals surface area contributed by atoms with E-state index in [4.69, 9.17) is 4.12 Å². The molecule has 35 heavy (non-hydrogen) atoms. The molecule has 0 heterocycles. The topological polar surface area (TPSA) is 9.23 Å². The number of rotatable bonds is 10. The molecule has 0 unspecified atom stereocenters. The highest BCUT2D eigenvalue weighted by Gasteiger charge is 2.31. The Labute approximate surface area is 230 Å². The first kappa shape index (κ1) is 26.7. The summed E-state index contributed by atoms with van der Waals surface area (Å²) >= 11 is 7.28. The molecule has 4 aromatic carbocycles. The zero-order valence-corrected chi connectivity index (χ0v) is 26.0. The first-order valence-corrected chi connectivity index (χ1v) is 19.5. The Bertz CT molecular complexity index is 1070. The lowest BCUT2D eigenvalue weighted by Gasteiger charge is -2.29. The second-order valence-electron chi connectivity index (χ2n) is 7.86. The van der Waals surface area contributed by atoms with E-state index in [0.717, 1.165) is 0 Å². The Morgan fingerprint density at radius 3 is 0.857 bits per heavy atom. The third-order valence-electron chi connectivity index (χ3n) is 5.96. The van der Waals surface area contributed by atoms with E-state index in [1.807, 2.05) is 47.0 Å². The predicted molar refractivity (Wildman–Crippen MR) is 167 cm³/mol. The predicted octanol–water partition coefficient (Wildman–Crippen LogP) is 4.97. The Hall–Kier alpha value is -1.33. The molecule has 0 aromatic heterocycles. The maximum absolute atomic E-state index is 7.59. The first-order chi connectivity index (χ1) is 17.2. The normalized spacial score (nSPS) is 11.4. The van der Waals surface area contributed by atoms with Crippen LogP contribution in [0.15, 0.2) is 117 Å². The zero-order chi connectivity index (χ0) is 24.6. The third-order valence-corrected chi connectivity index (χ3v) is 16.5. The van der Waals surface area contributed by atoms with Crippen molar-refractivity contribution in [2.45, 2.75) is 19.6 Å². The van der Waals surface area contributed by atoms with Crippen molar-refractivity contribution >= 4 is 85.9 Å². The standard InChI is InChI=1S/C28H30OS4Si2/c1-30-21-13-5-9-17-25(21)34(26-18-10-6-14-22(26)31-2)29-35(27-19-11-7-15-23(27)32-3)28-20-12-8-16-24(28)33-4/h5-20,34-35H,1-4H3. The van der Waals surface area contributed by atoms with Crippen molar-refractivity contribution in [3.63, 3.8) is 0 Å². The van der Waals surface area contributed by atoms with Crippen molar-refractivity contribution in [3.05, 3.63) is 97.1 Å². The van der Waals surface area contributed by atoms with Gasteiger partial charge in [-0.25, -0.2) is 0 Å². The van der Waals surface area contributed by atoms with Gasteiger partial charge in [0.1, 0.15) is 0 Å². The molecular weight excluding hydrogens is 537 g/mol. The van der Waals surface area contributed by atoms with Crippen LogP contribution in [0.25, 0.3) is 0 Å². The molecule has 7 heteroatoms. The van der Waals surface area contributed by atoms with Gasteiger partial charge in [-0.15, -0.1) is 47.0 Å². The van der Waals surface area contributed by atoms with Gasteiger partial charge in [-0.3, -0.25) is 0 Å². The van der Waals surface area contributed by atoms with Crippen LogP contribution in [0, 0.1) is 0 Å². The minimum atomic E-state index is -2.02. The molecule has 0 atom stereocenters. The average molecular weight is 567 g/mol. The number of thioether (sulfide) groups is 4. The average Bonchev–Trinajstić information content (AvgIpc) is 2.94. The summed E-state index contributed by atoms with van der Waals surface area (Å²) in [5.74, 6) is 0. The molecule has 0 saturated heterocycles. The van der Waals surface area contributed by atoms with Crippen LogP contribution in [-0.2, 0) is 4.12 Å². The van der Waals surface area contributed by atoms with E-state index in [-0.39, 0.29) is 0 Å². The molecule has 4 aromatic rings. The summed E-state index contributed by atoms with van der Waals surface area (Å²) in [5, 5.41) is 5.51. The summed E-state index contributed by atoms with van der Waals surface area (Å²) in [5.41, 5.74) is 0. The van der Waals surface area contributed by atoms with Crippen molar-refractivity contribution in [1.29, 1.82) is 0 Å². The van der Waals surface area contributed by atoms with Crippen LogP contribution < -0.4 is 20.7 Å². The van der Waals surface area contributed by atoms with Crippen LogP contribution >= 0.6 is 47.0 Å². The van der Waals surface area contributed by atoms with Crippen molar-refractivity contribution in [2.75, 3.05) is 25.0 Å². The second kappa shape index (κ2) is 13.3. The second-order valence-corrected chi connectivity index (χ2v) is 16.4. The summed E-state index contributed by atoms with van der Waals surface area (Å²) in [6, 6.07) is 35.4. The lowest BCUT2D eigenvalue weighted by Crippen LogP contribution is -2.57. The summed E-state index contributed by atoms with van der Waals surface area (Å²) < 4.78 is 7.59. The Morgan fingerprint density at radius 1 is 0.400 bits per heavy atom. The van der Waals surface area contributed by atoms with Crippen molar-refractivity contribution in [1.82, 2.24) is 0 Å². The van der Waals surface area contributed by atoms with E-state index in [1.54, 1.807) is 0 Å². The molecule has 0 aliphatic rings. The van der Waals surface area contributed by atoms with Crippen molar-refractivity contribution < 1.29 is 4.12 Å². The van der Waals surface area contributed by atoms with Crippen LogP contribution in [0.1, 0.15) is 0 Å². The minimum Gasteiger partial charge on any atom is -0.446 e. The molecule has 1 nitrogen and oxygen atoms in total. The lowest BCUT2D eigenvalue weighted by atomic mass is 10.4. The van der Waals surface area contributed by atoms with Gasteiger partial charge in [0.25, 0.3) is 0 Å². The van der Waals surface area contributed by atoms with Gasteiger partial charge in [-0.2, -0.15) is 0 Å². The summed E-state index contributed by atoms with van der Waals surface area (Å²) in [7, 11) is -4.05. The third kappa shape index (κ3) is 6.15. The minimum absolute atomic E-state index is 1.32. The summed E-state index contributed by atoms with van der Waals surface area (Å²) in [4.78, 5) is 5.29. The van der Waals surface area contributed by atoms with E-state index in [9.17, 15) is 0 Å². The van der Waals surface area contributed by atoms with Crippen LogP contribution in [0.4, 0.5) is 0 Å². The van der Waals surface area contributed by atoms with Gasteiger partial charge in [0.2, 0.25) is 18.1 Å². The molecule has 0 aliphatic heterocycles. The fourth-order valence-electron chi connectivity index (χ4n) is 4.30. The van der Waals surface area contributed by atoms with Gasteiger partial charge in [0, 0.05) is 19.6 Å². The van der Waals surface area contributed by atoms with Gasteiger partial charge < -0.3 is 4.12 Å². The highest BCUT2D eigenvalue weighted by Crippen LogP contribution is 2.20. The quantitative estimate of drug-likeness (QED) is 0.197. The highest BCUT2D eigenvalue weighted by atomic mass is 32.2. The SMILES string of the molecule is CSc1ccccc1[SiH](O[SiH](c1ccccc1SC)c1ccccc1SC)c1ccccc1SC. The van der Waals surface area contributed by atoms with Crippen LogP contribution in [0.3, 0.4) is 0 Å². The Kier molecular flexibility index (Phi) is 10.1. The highest BCUT2D eigenvalue weighted by molar-refractivity contribution is 7.99. The van der Waals surface area contributed by atoms with Gasteiger partial charge in [0.05, 0.1) is 0 Å². The molecule has 0 bridgehead atoms. The Morgan fingerprint density at radius 2 is 0.629 bits per heavy atom. The number of hydrogen-bond acceptors (Lipinski definition) is 5. The molecule has 0 aliphatic carbocycles. The van der Waals surface area contributed by atoms with E-state index in [0.29, 0.717) is 0 Å². The molecule has 0 saturated carbocycles. The van der Waals surface area contributed by atoms with Crippen LogP contribution in [0.2, 0.25) is 0 Å². The molecule has 0 radical (unpaired) electrons. The molecule has 180 valence electrons. The van der Waals surface area contributed by atoms with Crippen LogP contribution in [0.5, 0.6) is 0 Å². The van der Waals surface area contributed by atoms with Crippen molar-refractivity contribution in [2.24, 2.45) is 0 Å². The molecule has 0 fully saturated rings. The number of benzene rings is 4. The zero-order valence-electron chi connectivity index (χ0n) is 20.4. The molecule has 4 rings (SSSR count). The molecular formula is C28H30OS4Si2. The van der Waals surface area contributed by atoms with E-state index in [2.05, 4.69) is 122 Å². The summed E-state index contributed by atoms with van der Waals surface area (Å²) in [6.45, 7) is 0. The fourth-order valence-corrected chi connectivity index (χ4v) is 15.7. The first-order valence-electron chi connectivity index (χ1n) is 11.4. The smallest absolute Gasteiger partial charge is 0.230 e. The van der Waals surface area contributed by atoms with Crippen LogP contribution in [-0.4, -0.2) is 43.1 Å².